The van der Waals surface area contributed by atoms with E-state index in [4.69, 9.17) is 0 Å². The standard InChI is InChI=1S/C17H10N2/c18-19-17-14-8-4-3-7-13(14)15-9-11-5-1-2-6-12(11)10-16(15)17/h1-10H. The molecule has 88 valence electrons. The Bertz CT molecular complexity index is 871. The van der Waals surface area contributed by atoms with Crippen molar-refractivity contribution >= 4 is 16.5 Å². The Kier molecular flexibility index (Phi) is 1.96. The molecule has 0 aromatic heterocycles. The average Bonchev–Trinajstić information content (AvgIpc) is 2.78. The van der Waals surface area contributed by atoms with Gasteiger partial charge in [0.2, 0.25) is 0 Å². The fraction of sp³-hybridized carbons (Fsp3) is 0. The first-order chi connectivity index (χ1) is 9.38. The van der Waals surface area contributed by atoms with Crippen molar-refractivity contribution in [3.05, 3.63) is 77.3 Å². The van der Waals surface area contributed by atoms with Crippen LogP contribution in [0.3, 0.4) is 0 Å². The molecule has 0 saturated heterocycles. The summed E-state index contributed by atoms with van der Waals surface area (Å²) in [6.07, 6.45) is 0. The number of hydrogen-bond donors (Lipinski definition) is 0. The van der Waals surface area contributed by atoms with Crippen molar-refractivity contribution < 1.29 is 4.79 Å². The number of rotatable bonds is 0. The molecule has 0 unspecified atom stereocenters. The summed E-state index contributed by atoms with van der Waals surface area (Å²) in [5.74, 6) is 0. The van der Waals surface area contributed by atoms with E-state index >= 15 is 0 Å². The number of fused-ring (bicyclic) bond motifs is 4. The number of benzene rings is 3. The first kappa shape index (κ1) is 10.2. The highest BCUT2D eigenvalue weighted by Gasteiger charge is 2.30. The average molecular weight is 242 g/mol. The molecule has 2 nitrogen and oxygen atoms in total. The third-order valence-corrected chi connectivity index (χ3v) is 3.71. The molecule has 0 fully saturated rings. The van der Waals surface area contributed by atoms with E-state index in [0.717, 1.165) is 27.6 Å². The van der Waals surface area contributed by atoms with Gasteiger partial charge in [-0.2, -0.15) is 4.79 Å². The minimum absolute atomic E-state index is 0.663. The Morgan fingerprint density at radius 2 is 1.21 bits per heavy atom. The number of nitrogens with zero attached hydrogens (tertiary/aromatic N) is 2. The Balaban J connectivity index is 2.17. The molecule has 0 atom stereocenters. The summed E-state index contributed by atoms with van der Waals surface area (Å²) >= 11 is 0. The lowest BCUT2D eigenvalue weighted by molar-refractivity contribution is -0.00242. The maximum atomic E-state index is 9.32. The quantitative estimate of drug-likeness (QED) is 0.331. The predicted octanol–water partition coefficient (Wildman–Crippen LogP) is 3.89. The van der Waals surface area contributed by atoms with Gasteiger partial charge in [-0.05, 0) is 40.1 Å². The first-order valence-corrected chi connectivity index (χ1v) is 6.23. The molecule has 0 spiro atoms. The van der Waals surface area contributed by atoms with Crippen LogP contribution >= 0.6 is 0 Å². The van der Waals surface area contributed by atoms with Gasteiger partial charge in [0, 0.05) is 0 Å². The molecule has 0 N–H and O–H groups in total. The van der Waals surface area contributed by atoms with E-state index in [1.54, 1.807) is 0 Å². The summed E-state index contributed by atoms with van der Waals surface area (Å²) in [6, 6.07) is 20.6. The molecule has 1 aliphatic carbocycles. The molecule has 3 aromatic rings. The van der Waals surface area contributed by atoms with Crippen molar-refractivity contribution in [3.8, 4) is 11.1 Å². The van der Waals surface area contributed by atoms with Crippen LogP contribution in [-0.2, 0) is 0 Å². The van der Waals surface area contributed by atoms with Crippen LogP contribution in [-0.4, -0.2) is 10.5 Å². The van der Waals surface area contributed by atoms with Gasteiger partial charge in [0.25, 0.3) is 0 Å². The third-order valence-electron chi connectivity index (χ3n) is 3.71. The zero-order valence-corrected chi connectivity index (χ0v) is 10.2. The molecular formula is C17H10N2. The molecule has 0 bridgehead atoms. The summed E-state index contributed by atoms with van der Waals surface area (Å²) in [4.78, 5) is 3.49. The van der Waals surface area contributed by atoms with E-state index in [-0.39, 0.29) is 0 Å². The van der Waals surface area contributed by atoms with Crippen molar-refractivity contribution in [3.63, 3.8) is 0 Å². The molecule has 19 heavy (non-hydrogen) atoms. The zero-order valence-electron chi connectivity index (χ0n) is 10.2. The fourth-order valence-corrected chi connectivity index (χ4v) is 2.84. The van der Waals surface area contributed by atoms with Gasteiger partial charge in [-0.15, -0.1) is 0 Å². The largest absolute Gasteiger partial charge is 0.361 e. The van der Waals surface area contributed by atoms with Crippen molar-refractivity contribution in [2.24, 2.45) is 0 Å². The Hall–Kier alpha value is -2.70. The summed E-state index contributed by atoms with van der Waals surface area (Å²) in [5.41, 5.74) is 14.3. The van der Waals surface area contributed by atoms with Gasteiger partial charge in [-0.1, -0.05) is 42.5 Å². The van der Waals surface area contributed by atoms with Crippen molar-refractivity contribution in [2.45, 2.75) is 0 Å². The summed E-state index contributed by atoms with van der Waals surface area (Å²) < 4.78 is 0. The maximum Gasteiger partial charge on any atom is 0.330 e. The minimum Gasteiger partial charge on any atom is -0.361 e. The van der Waals surface area contributed by atoms with Crippen molar-refractivity contribution in [1.82, 2.24) is 0 Å². The third kappa shape index (κ3) is 1.32. The number of hydrogen-bond acceptors (Lipinski definition) is 0. The Morgan fingerprint density at radius 1 is 0.632 bits per heavy atom. The van der Waals surface area contributed by atoms with Gasteiger partial charge in [-0.3, -0.25) is 0 Å². The normalized spacial score (nSPS) is 12.1. The van der Waals surface area contributed by atoms with E-state index in [2.05, 4.69) is 35.1 Å². The van der Waals surface area contributed by atoms with Gasteiger partial charge in [-0.25, -0.2) is 0 Å². The molecule has 0 amide bonds. The second kappa shape index (κ2) is 3.64. The second-order valence-corrected chi connectivity index (χ2v) is 4.74. The summed E-state index contributed by atoms with van der Waals surface area (Å²) in [6.45, 7) is 0. The second-order valence-electron chi connectivity index (χ2n) is 4.74. The molecule has 0 radical (unpaired) electrons. The smallest absolute Gasteiger partial charge is 0.330 e. The van der Waals surface area contributed by atoms with E-state index in [0.29, 0.717) is 5.71 Å². The van der Waals surface area contributed by atoms with Crippen LogP contribution in [0, 0.1) is 0 Å². The van der Waals surface area contributed by atoms with Crippen molar-refractivity contribution in [2.75, 3.05) is 0 Å². The molecule has 2 heteroatoms. The first-order valence-electron chi connectivity index (χ1n) is 6.23. The van der Waals surface area contributed by atoms with E-state index in [9.17, 15) is 5.53 Å². The molecule has 3 aromatic carbocycles. The predicted molar refractivity (Wildman–Crippen MR) is 76.2 cm³/mol. The minimum atomic E-state index is 0.663. The Labute approximate surface area is 110 Å². The van der Waals surface area contributed by atoms with E-state index in [1.165, 1.54) is 5.39 Å². The maximum absolute atomic E-state index is 9.32. The van der Waals surface area contributed by atoms with Crippen LogP contribution in [0.4, 0.5) is 0 Å². The molecule has 0 heterocycles. The lowest BCUT2D eigenvalue weighted by Gasteiger charge is -2.02. The highest BCUT2D eigenvalue weighted by molar-refractivity contribution is 6.23. The molecule has 0 saturated carbocycles. The van der Waals surface area contributed by atoms with Crippen LogP contribution in [0.15, 0.2) is 60.7 Å². The fourth-order valence-electron chi connectivity index (χ4n) is 2.84. The van der Waals surface area contributed by atoms with Crippen LogP contribution in [0.1, 0.15) is 11.1 Å². The lowest BCUT2D eigenvalue weighted by atomic mass is 10.0. The zero-order chi connectivity index (χ0) is 12.8. The van der Waals surface area contributed by atoms with Gasteiger partial charge in [0.05, 0.1) is 11.1 Å². The highest BCUT2D eigenvalue weighted by Crippen LogP contribution is 2.38. The SMILES string of the molecule is [N-]=[N+]=C1c2ccccc2-c2cc3ccccc3cc21. The van der Waals surface area contributed by atoms with Crippen LogP contribution in [0.2, 0.25) is 0 Å². The van der Waals surface area contributed by atoms with Crippen LogP contribution in [0.5, 0.6) is 0 Å². The van der Waals surface area contributed by atoms with Crippen molar-refractivity contribution in [1.29, 1.82) is 0 Å². The molecule has 0 aliphatic heterocycles. The van der Waals surface area contributed by atoms with Gasteiger partial charge >= 0.3 is 5.71 Å². The molecule has 4 rings (SSSR count). The molecular weight excluding hydrogens is 232 g/mol. The van der Waals surface area contributed by atoms with Crippen LogP contribution in [0.25, 0.3) is 27.4 Å². The summed E-state index contributed by atoms with van der Waals surface area (Å²) in [7, 11) is 0. The highest BCUT2D eigenvalue weighted by atomic mass is 14.9. The van der Waals surface area contributed by atoms with E-state index in [1.807, 2.05) is 30.3 Å². The van der Waals surface area contributed by atoms with Gasteiger partial charge in [0.15, 0.2) is 0 Å². The van der Waals surface area contributed by atoms with Gasteiger partial charge in [0.1, 0.15) is 0 Å². The monoisotopic (exact) mass is 242 g/mol. The summed E-state index contributed by atoms with van der Waals surface area (Å²) in [5, 5.41) is 2.37. The Morgan fingerprint density at radius 3 is 1.89 bits per heavy atom. The lowest BCUT2D eigenvalue weighted by Crippen LogP contribution is -1.98. The molecule has 1 aliphatic rings. The van der Waals surface area contributed by atoms with Gasteiger partial charge < -0.3 is 5.53 Å². The topological polar surface area (TPSA) is 36.4 Å². The van der Waals surface area contributed by atoms with Crippen LogP contribution < -0.4 is 0 Å². The van der Waals surface area contributed by atoms with E-state index < -0.39 is 0 Å².